The molecule has 0 radical (unpaired) electrons. The molecule has 0 saturated heterocycles. The van der Waals surface area contributed by atoms with Crippen LogP contribution < -0.4 is 5.32 Å². The molecule has 0 bridgehead atoms. The molecule has 1 fully saturated rings. The molecule has 180 valence electrons. The van der Waals surface area contributed by atoms with Crippen LogP contribution >= 0.6 is 0 Å². The molecule has 3 nitrogen and oxygen atoms in total. The van der Waals surface area contributed by atoms with Crippen molar-refractivity contribution in [3.63, 3.8) is 0 Å². The van der Waals surface area contributed by atoms with Crippen molar-refractivity contribution in [2.45, 2.75) is 111 Å². The Morgan fingerprint density at radius 2 is 1.78 bits per heavy atom. The summed E-state index contributed by atoms with van der Waals surface area (Å²) >= 11 is 0. The molecular weight excluding hydrogens is 392 g/mol. The first-order chi connectivity index (χ1) is 15.1. The fraction of sp³-hybridized carbons (Fsp3) is 0.690. The molecule has 1 amide bonds. The molecule has 0 aromatic heterocycles. The van der Waals surface area contributed by atoms with Crippen LogP contribution in [0.25, 0.3) is 0 Å². The molecule has 1 aliphatic carbocycles. The Balaban J connectivity index is 2.44. The predicted molar refractivity (Wildman–Crippen MR) is 138 cm³/mol. The van der Waals surface area contributed by atoms with Crippen LogP contribution in [0.4, 0.5) is 0 Å². The molecule has 1 atom stereocenters. The number of likely N-dealkylation sites (N-methyl/N-ethyl adjacent to an activating group) is 1. The molecule has 2 rings (SSSR count). The number of carbonyl (C=O) groups excluding carboxylic acids is 1. The van der Waals surface area contributed by atoms with Crippen molar-refractivity contribution in [1.29, 1.82) is 0 Å². The van der Waals surface area contributed by atoms with Gasteiger partial charge in [0.1, 0.15) is 0 Å². The van der Waals surface area contributed by atoms with E-state index in [4.69, 9.17) is 0 Å². The zero-order valence-electron chi connectivity index (χ0n) is 22.1. The van der Waals surface area contributed by atoms with Crippen molar-refractivity contribution in [1.82, 2.24) is 10.2 Å². The molecule has 1 unspecified atom stereocenters. The Morgan fingerprint density at radius 1 is 1.12 bits per heavy atom. The van der Waals surface area contributed by atoms with E-state index in [1.54, 1.807) is 0 Å². The van der Waals surface area contributed by atoms with E-state index in [0.717, 1.165) is 32.1 Å². The van der Waals surface area contributed by atoms with Crippen molar-refractivity contribution in [3.05, 3.63) is 46.7 Å². The first-order valence-electron chi connectivity index (χ1n) is 12.8. The van der Waals surface area contributed by atoms with Crippen LogP contribution in [0.15, 0.2) is 30.0 Å². The quantitative estimate of drug-likeness (QED) is 0.397. The molecule has 32 heavy (non-hydrogen) atoms. The maximum atomic E-state index is 12.1. The van der Waals surface area contributed by atoms with E-state index in [-0.39, 0.29) is 5.54 Å². The topological polar surface area (TPSA) is 32.3 Å². The van der Waals surface area contributed by atoms with Crippen LogP contribution in [0.3, 0.4) is 0 Å². The van der Waals surface area contributed by atoms with Gasteiger partial charge in [0.25, 0.3) is 0 Å². The highest BCUT2D eigenvalue weighted by molar-refractivity contribution is 5.51. The van der Waals surface area contributed by atoms with Crippen molar-refractivity contribution in [2.75, 3.05) is 7.05 Å². The third-order valence-electron chi connectivity index (χ3n) is 7.41. The molecular formula is C29H48N2O. The summed E-state index contributed by atoms with van der Waals surface area (Å²) in [7, 11) is 2.04. The van der Waals surface area contributed by atoms with Crippen LogP contribution in [0.5, 0.6) is 0 Å². The number of carbonyl (C=O) groups is 1. The van der Waals surface area contributed by atoms with Gasteiger partial charge in [0.05, 0.1) is 5.54 Å². The van der Waals surface area contributed by atoms with Gasteiger partial charge in [0.15, 0.2) is 0 Å². The number of benzene rings is 1. The van der Waals surface area contributed by atoms with Gasteiger partial charge in [-0.05, 0) is 79.7 Å². The lowest BCUT2D eigenvalue weighted by Crippen LogP contribution is -2.42. The maximum Gasteiger partial charge on any atom is 0.213 e. The molecule has 1 aliphatic rings. The van der Waals surface area contributed by atoms with Gasteiger partial charge in [-0.3, -0.25) is 4.79 Å². The summed E-state index contributed by atoms with van der Waals surface area (Å²) in [5.74, 6) is 0.323. The van der Waals surface area contributed by atoms with Gasteiger partial charge in [0, 0.05) is 12.2 Å². The molecule has 1 saturated carbocycles. The van der Waals surface area contributed by atoms with E-state index in [1.165, 1.54) is 47.9 Å². The second-order valence-corrected chi connectivity index (χ2v) is 11.4. The highest BCUT2D eigenvalue weighted by atomic mass is 16.1. The lowest BCUT2D eigenvalue weighted by molar-refractivity contribution is -0.118. The highest BCUT2D eigenvalue weighted by Crippen LogP contribution is 2.36. The molecule has 0 aliphatic heterocycles. The Hall–Kier alpha value is -1.61. The lowest BCUT2D eigenvalue weighted by atomic mass is 9.77. The molecule has 0 heterocycles. The Kier molecular flexibility index (Phi) is 9.57. The SMILES string of the molecule is CCc1cc(C(C)(NC)/C(=C\N(C=O)C2CCCCC2)C(C)C)ccc1CCC(C)(C)C. The Labute approximate surface area is 198 Å². The van der Waals surface area contributed by atoms with Crippen LogP contribution in [0.2, 0.25) is 0 Å². The normalized spacial score (nSPS) is 18.0. The monoisotopic (exact) mass is 440 g/mol. The van der Waals surface area contributed by atoms with Gasteiger partial charge in [-0.1, -0.05) is 79.0 Å². The number of nitrogens with one attached hydrogen (secondary N) is 1. The smallest absolute Gasteiger partial charge is 0.213 e. The lowest BCUT2D eigenvalue weighted by Gasteiger charge is -2.38. The number of rotatable bonds is 10. The number of amides is 1. The zero-order chi connectivity index (χ0) is 23.9. The van der Waals surface area contributed by atoms with Crippen LogP contribution in [-0.2, 0) is 23.2 Å². The number of aryl methyl sites for hydroxylation is 2. The molecule has 1 aromatic carbocycles. The summed E-state index contributed by atoms with van der Waals surface area (Å²) < 4.78 is 0. The van der Waals surface area contributed by atoms with Gasteiger partial charge in [-0.2, -0.15) is 0 Å². The second-order valence-electron chi connectivity index (χ2n) is 11.4. The Bertz CT molecular complexity index is 768. The summed E-state index contributed by atoms with van der Waals surface area (Å²) in [6.07, 6.45) is 12.5. The van der Waals surface area contributed by atoms with Crippen molar-refractivity contribution in [2.24, 2.45) is 11.3 Å². The summed E-state index contributed by atoms with van der Waals surface area (Å²) in [6, 6.07) is 7.38. The van der Waals surface area contributed by atoms with E-state index in [9.17, 15) is 4.79 Å². The fourth-order valence-corrected chi connectivity index (χ4v) is 5.09. The van der Waals surface area contributed by atoms with E-state index >= 15 is 0 Å². The van der Waals surface area contributed by atoms with Gasteiger partial charge in [-0.15, -0.1) is 0 Å². The van der Waals surface area contributed by atoms with Gasteiger partial charge >= 0.3 is 0 Å². The van der Waals surface area contributed by atoms with Crippen LogP contribution in [-0.4, -0.2) is 24.4 Å². The minimum atomic E-state index is -0.323. The van der Waals surface area contributed by atoms with Crippen LogP contribution in [0, 0.1) is 11.3 Å². The summed E-state index contributed by atoms with van der Waals surface area (Å²) in [5, 5.41) is 3.62. The van der Waals surface area contributed by atoms with Gasteiger partial charge in [-0.25, -0.2) is 0 Å². The zero-order valence-corrected chi connectivity index (χ0v) is 22.1. The first-order valence-corrected chi connectivity index (χ1v) is 12.8. The predicted octanol–water partition coefficient (Wildman–Crippen LogP) is 6.99. The number of hydrogen-bond donors (Lipinski definition) is 1. The number of hydrogen-bond acceptors (Lipinski definition) is 2. The summed E-state index contributed by atoms with van der Waals surface area (Å²) in [6.45, 7) is 16.0. The van der Waals surface area contributed by atoms with Gasteiger partial charge < -0.3 is 10.2 Å². The summed E-state index contributed by atoms with van der Waals surface area (Å²) in [4.78, 5) is 14.0. The van der Waals surface area contributed by atoms with E-state index in [1.807, 2.05) is 11.9 Å². The minimum Gasteiger partial charge on any atom is -0.319 e. The van der Waals surface area contributed by atoms with Crippen LogP contribution in [0.1, 0.15) is 104 Å². The third kappa shape index (κ3) is 6.70. The number of nitrogens with zero attached hydrogens (tertiary/aromatic N) is 1. The second kappa shape index (κ2) is 11.5. The first kappa shape index (κ1) is 26.6. The van der Waals surface area contributed by atoms with Crippen molar-refractivity contribution < 1.29 is 4.79 Å². The maximum absolute atomic E-state index is 12.1. The largest absolute Gasteiger partial charge is 0.319 e. The van der Waals surface area contributed by atoms with Crippen molar-refractivity contribution >= 4 is 6.41 Å². The third-order valence-corrected chi connectivity index (χ3v) is 7.41. The van der Waals surface area contributed by atoms with Gasteiger partial charge in [0.2, 0.25) is 6.41 Å². The Morgan fingerprint density at radius 3 is 2.28 bits per heavy atom. The van der Waals surface area contributed by atoms with E-state index < -0.39 is 0 Å². The molecule has 1 aromatic rings. The molecule has 1 N–H and O–H groups in total. The minimum absolute atomic E-state index is 0.323. The van der Waals surface area contributed by atoms with E-state index in [0.29, 0.717) is 17.4 Å². The molecule has 0 spiro atoms. The highest BCUT2D eigenvalue weighted by Gasteiger charge is 2.33. The standard InChI is InChI=1S/C29H48N2O/c1-9-23-19-25(16-15-24(23)17-18-28(4,5)6)29(7,30-8)27(22(2)3)20-31(21-32)26-13-11-10-12-14-26/h15-16,19-22,26,30H,9-14,17-18H2,1-8H3/b27-20-. The molecule has 3 heteroatoms. The van der Waals surface area contributed by atoms with E-state index in [2.05, 4.69) is 78.2 Å². The van der Waals surface area contributed by atoms with Crippen molar-refractivity contribution in [3.8, 4) is 0 Å². The fourth-order valence-electron chi connectivity index (χ4n) is 5.09. The summed E-state index contributed by atoms with van der Waals surface area (Å²) in [5.41, 5.74) is 5.48. The average molecular weight is 441 g/mol. The average Bonchev–Trinajstić information content (AvgIpc) is 2.77.